The summed E-state index contributed by atoms with van der Waals surface area (Å²) in [4.78, 5) is 9.93. The topological polar surface area (TPSA) is 155 Å². The molecule has 1 heterocycles. The van der Waals surface area contributed by atoms with Gasteiger partial charge in [0, 0.05) is 23.2 Å². The smallest absolute Gasteiger partial charge is 0.231 e. The molecule has 3 N–H and O–H groups in total. The maximum atomic E-state index is 11.9. The summed E-state index contributed by atoms with van der Waals surface area (Å²) < 4.78 is 47.7. The Hall–Kier alpha value is -5.11. The van der Waals surface area contributed by atoms with Crippen LogP contribution >= 0.6 is 11.6 Å². The number of para-hydroxylation sites is 1. The Morgan fingerprint density at radius 1 is 0.646 bits per heavy atom. The largest absolute Gasteiger partial charge is 0.324 e. The monoisotopic (exact) mass is 701 g/mol. The molecule has 0 aliphatic rings. The minimum absolute atomic E-state index is 0.209. The molecule has 246 valence electrons. The molecule has 0 unspecified atom stereocenters. The van der Waals surface area contributed by atoms with E-state index in [2.05, 4.69) is 26.4 Å². The van der Waals surface area contributed by atoms with Crippen molar-refractivity contribution in [3.05, 3.63) is 119 Å². The Morgan fingerprint density at radius 2 is 1.12 bits per heavy atom. The summed E-state index contributed by atoms with van der Waals surface area (Å²) in [7, 11) is -6.69. The second-order valence-electron chi connectivity index (χ2n) is 10.8. The third-order valence-electron chi connectivity index (χ3n) is 7.11. The Morgan fingerprint density at radius 3 is 1.56 bits per heavy atom. The van der Waals surface area contributed by atoms with Gasteiger partial charge in [-0.25, -0.2) is 16.8 Å². The minimum Gasteiger partial charge on any atom is -0.324 e. The SMILES string of the molecule is CC(=NNc1nc(Nc2ccccc2)nc(NN=C(C)c2ccc(S(C)(=O)=O)cc2)c1-c1cccc(Cl)c1)c1ccc(S(C)(=O)=O)cc1. The van der Waals surface area contributed by atoms with Crippen molar-refractivity contribution < 1.29 is 16.8 Å². The van der Waals surface area contributed by atoms with Crippen LogP contribution in [0.2, 0.25) is 5.02 Å². The lowest BCUT2D eigenvalue weighted by Gasteiger charge is -2.16. The highest BCUT2D eigenvalue weighted by Crippen LogP contribution is 2.36. The van der Waals surface area contributed by atoms with E-state index < -0.39 is 19.7 Å². The van der Waals surface area contributed by atoms with E-state index in [0.717, 1.165) is 18.2 Å². The third kappa shape index (κ3) is 8.62. The van der Waals surface area contributed by atoms with E-state index in [1.807, 2.05) is 36.4 Å². The molecule has 0 saturated heterocycles. The number of hydrogen-bond acceptors (Lipinski definition) is 11. The van der Waals surface area contributed by atoms with Crippen LogP contribution in [-0.4, -0.2) is 50.7 Å². The number of hydrogen-bond donors (Lipinski definition) is 3. The number of nitrogens with zero attached hydrogens (tertiary/aromatic N) is 4. The zero-order valence-electron chi connectivity index (χ0n) is 26.4. The summed E-state index contributed by atoms with van der Waals surface area (Å²) in [5.74, 6) is 0.893. The van der Waals surface area contributed by atoms with E-state index in [4.69, 9.17) is 21.6 Å². The zero-order chi connectivity index (χ0) is 34.5. The maximum Gasteiger partial charge on any atom is 0.231 e. The zero-order valence-corrected chi connectivity index (χ0v) is 28.8. The van der Waals surface area contributed by atoms with Gasteiger partial charge in [-0.05, 0) is 79.1 Å². The third-order valence-corrected chi connectivity index (χ3v) is 9.60. The Balaban J connectivity index is 1.59. The predicted molar refractivity (Wildman–Crippen MR) is 193 cm³/mol. The number of benzene rings is 4. The molecule has 0 saturated carbocycles. The fourth-order valence-electron chi connectivity index (χ4n) is 4.54. The summed E-state index contributed by atoms with van der Waals surface area (Å²) in [6.45, 7) is 3.57. The van der Waals surface area contributed by atoms with Gasteiger partial charge in [0.1, 0.15) is 0 Å². The number of anilines is 4. The van der Waals surface area contributed by atoms with Gasteiger partial charge in [-0.1, -0.05) is 66.2 Å². The molecule has 48 heavy (non-hydrogen) atoms. The molecular formula is C34H32ClN7O4S2. The van der Waals surface area contributed by atoms with Crippen LogP contribution in [0.3, 0.4) is 0 Å². The lowest BCUT2D eigenvalue weighted by molar-refractivity contribution is 0.600. The van der Waals surface area contributed by atoms with Crippen molar-refractivity contribution in [2.45, 2.75) is 23.6 Å². The summed E-state index contributed by atoms with van der Waals surface area (Å²) in [5.41, 5.74) is 10.6. The van der Waals surface area contributed by atoms with E-state index >= 15 is 0 Å². The highest BCUT2D eigenvalue weighted by atomic mass is 35.5. The van der Waals surface area contributed by atoms with Crippen LogP contribution < -0.4 is 16.2 Å². The van der Waals surface area contributed by atoms with Crippen LogP contribution in [0.4, 0.5) is 23.3 Å². The second kappa shape index (κ2) is 14.3. The standard InChI is InChI=1S/C34H32ClN7O4S2/c1-22(24-13-17-29(18-14-24)47(3,43)44)39-41-32-31(26-9-8-10-27(35)21-26)33(38-34(37-32)36-28-11-6-5-7-12-28)42-40-23(2)25-15-19-30(20-16-25)48(4,45)46/h5-21H,1-4H3,(H3,36,37,38,41,42). The number of sulfone groups is 2. The van der Waals surface area contributed by atoms with Gasteiger partial charge in [0.2, 0.25) is 5.95 Å². The van der Waals surface area contributed by atoms with Crippen molar-refractivity contribution in [1.29, 1.82) is 0 Å². The van der Waals surface area contributed by atoms with E-state index in [1.54, 1.807) is 56.3 Å². The van der Waals surface area contributed by atoms with Gasteiger partial charge in [0.15, 0.2) is 31.3 Å². The van der Waals surface area contributed by atoms with Crippen LogP contribution in [0.5, 0.6) is 0 Å². The quantitative estimate of drug-likeness (QED) is 0.0973. The first kappa shape index (κ1) is 34.2. The molecule has 0 radical (unpaired) electrons. The second-order valence-corrected chi connectivity index (χ2v) is 15.3. The summed E-state index contributed by atoms with van der Waals surface area (Å²) in [5, 5.41) is 12.9. The lowest BCUT2D eigenvalue weighted by atomic mass is 10.1. The number of hydrazone groups is 2. The molecular weight excluding hydrogens is 670 g/mol. The predicted octanol–water partition coefficient (Wildman–Crippen LogP) is 7.02. The summed E-state index contributed by atoms with van der Waals surface area (Å²) >= 11 is 6.41. The molecule has 4 aromatic carbocycles. The average molecular weight is 702 g/mol. The van der Waals surface area contributed by atoms with Crippen LogP contribution in [0.15, 0.2) is 123 Å². The van der Waals surface area contributed by atoms with Gasteiger partial charge in [0.05, 0.1) is 26.8 Å². The van der Waals surface area contributed by atoms with Gasteiger partial charge in [-0.3, -0.25) is 10.9 Å². The van der Waals surface area contributed by atoms with E-state index in [-0.39, 0.29) is 15.7 Å². The molecule has 0 aliphatic carbocycles. The first-order chi connectivity index (χ1) is 22.8. The van der Waals surface area contributed by atoms with Crippen LogP contribution in [0, 0.1) is 0 Å². The van der Waals surface area contributed by atoms with Gasteiger partial charge in [-0.2, -0.15) is 20.2 Å². The molecule has 14 heteroatoms. The fourth-order valence-corrected chi connectivity index (χ4v) is 5.99. The number of aromatic nitrogens is 2. The number of nitrogens with one attached hydrogen (secondary N) is 3. The van der Waals surface area contributed by atoms with Gasteiger partial charge in [0.25, 0.3) is 0 Å². The summed E-state index contributed by atoms with van der Waals surface area (Å²) in [6.07, 6.45) is 2.31. The first-order valence-electron chi connectivity index (χ1n) is 14.5. The Kier molecular flexibility index (Phi) is 10.2. The molecule has 5 aromatic rings. The lowest BCUT2D eigenvalue weighted by Crippen LogP contribution is -2.09. The van der Waals surface area contributed by atoms with Crippen LogP contribution in [-0.2, 0) is 19.7 Å². The molecule has 11 nitrogen and oxygen atoms in total. The van der Waals surface area contributed by atoms with Crippen molar-refractivity contribution in [2.24, 2.45) is 10.2 Å². The van der Waals surface area contributed by atoms with Gasteiger partial charge < -0.3 is 5.32 Å². The molecule has 0 bridgehead atoms. The molecule has 0 spiro atoms. The molecule has 5 rings (SSSR count). The molecule has 0 amide bonds. The molecule has 0 atom stereocenters. The van der Waals surface area contributed by atoms with Crippen molar-refractivity contribution >= 4 is 66.0 Å². The highest BCUT2D eigenvalue weighted by Gasteiger charge is 2.18. The molecule has 0 fully saturated rings. The fraction of sp³-hybridized carbons (Fsp3) is 0.118. The van der Waals surface area contributed by atoms with Crippen LogP contribution in [0.25, 0.3) is 11.1 Å². The highest BCUT2D eigenvalue weighted by molar-refractivity contribution is 7.91. The van der Waals surface area contributed by atoms with Crippen molar-refractivity contribution in [1.82, 2.24) is 9.97 Å². The van der Waals surface area contributed by atoms with Gasteiger partial charge in [-0.15, -0.1) is 0 Å². The van der Waals surface area contributed by atoms with Crippen LogP contribution in [0.1, 0.15) is 25.0 Å². The minimum atomic E-state index is -3.35. The van der Waals surface area contributed by atoms with Gasteiger partial charge >= 0.3 is 0 Å². The summed E-state index contributed by atoms with van der Waals surface area (Å²) in [6, 6.07) is 29.5. The number of halogens is 1. The Labute approximate surface area is 284 Å². The van der Waals surface area contributed by atoms with E-state index in [9.17, 15) is 16.8 Å². The van der Waals surface area contributed by atoms with Crippen molar-refractivity contribution in [3.63, 3.8) is 0 Å². The van der Waals surface area contributed by atoms with Crippen molar-refractivity contribution in [3.8, 4) is 11.1 Å². The molecule has 1 aromatic heterocycles. The maximum absolute atomic E-state index is 11.9. The van der Waals surface area contributed by atoms with Crippen molar-refractivity contribution in [2.75, 3.05) is 28.7 Å². The molecule has 0 aliphatic heterocycles. The Bertz CT molecular complexity index is 2110. The van der Waals surface area contributed by atoms with E-state index in [0.29, 0.717) is 50.3 Å². The number of rotatable bonds is 11. The normalized spacial score (nSPS) is 12.4. The van der Waals surface area contributed by atoms with E-state index in [1.165, 1.54) is 24.3 Å². The average Bonchev–Trinajstić information content (AvgIpc) is 3.05. The first-order valence-corrected chi connectivity index (χ1v) is 18.7.